The maximum atomic E-state index is 11.7. The van der Waals surface area contributed by atoms with Crippen molar-refractivity contribution in [1.82, 2.24) is 10.6 Å². The summed E-state index contributed by atoms with van der Waals surface area (Å²) in [6.07, 6.45) is 2.63. The summed E-state index contributed by atoms with van der Waals surface area (Å²) in [6.45, 7) is 5.44. The summed E-state index contributed by atoms with van der Waals surface area (Å²) in [5, 5.41) is 14.5. The van der Waals surface area contributed by atoms with Crippen LogP contribution in [0.15, 0.2) is 0 Å². The molecule has 6 heteroatoms. The van der Waals surface area contributed by atoms with Gasteiger partial charge in [-0.1, -0.05) is 13.8 Å². The summed E-state index contributed by atoms with van der Waals surface area (Å²) >= 11 is 0. The van der Waals surface area contributed by atoms with Gasteiger partial charge in [0, 0.05) is 13.1 Å². The predicted octanol–water partition coefficient (Wildman–Crippen LogP) is 1.35. The van der Waals surface area contributed by atoms with Crippen LogP contribution in [0.1, 0.15) is 39.5 Å². The highest BCUT2D eigenvalue weighted by Crippen LogP contribution is 2.51. The molecule has 2 fully saturated rings. The number of carbonyl (C=O) groups is 2. The van der Waals surface area contributed by atoms with Gasteiger partial charge in [0.1, 0.15) is 0 Å². The van der Waals surface area contributed by atoms with E-state index in [1.807, 2.05) is 0 Å². The molecular weight excluding hydrogens is 260 g/mol. The number of carbonyl (C=O) groups excluding carboxylic acids is 1. The molecule has 2 rings (SSSR count). The van der Waals surface area contributed by atoms with Crippen LogP contribution in [-0.4, -0.2) is 42.4 Å². The van der Waals surface area contributed by atoms with E-state index in [2.05, 4.69) is 24.5 Å². The van der Waals surface area contributed by atoms with E-state index in [9.17, 15) is 9.59 Å². The molecule has 2 amide bonds. The number of rotatable bonds is 6. The summed E-state index contributed by atoms with van der Waals surface area (Å²) in [4.78, 5) is 22.5. The average Bonchev–Trinajstić information content (AvgIpc) is 3.04. The van der Waals surface area contributed by atoms with E-state index in [1.54, 1.807) is 0 Å². The van der Waals surface area contributed by atoms with Crippen LogP contribution in [0.3, 0.4) is 0 Å². The Morgan fingerprint density at radius 3 is 2.50 bits per heavy atom. The molecule has 0 aromatic rings. The fourth-order valence-electron chi connectivity index (χ4n) is 2.68. The first-order valence-corrected chi connectivity index (χ1v) is 7.33. The van der Waals surface area contributed by atoms with E-state index in [1.165, 1.54) is 12.8 Å². The van der Waals surface area contributed by atoms with Gasteiger partial charge in [0.2, 0.25) is 0 Å². The molecule has 0 aromatic heterocycles. The lowest BCUT2D eigenvalue weighted by molar-refractivity contribution is -0.149. The van der Waals surface area contributed by atoms with E-state index >= 15 is 0 Å². The minimum Gasteiger partial charge on any atom is -0.479 e. The molecule has 0 aromatic carbocycles. The van der Waals surface area contributed by atoms with Gasteiger partial charge in [-0.2, -0.15) is 0 Å². The molecule has 2 atom stereocenters. The Balaban J connectivity index is 1.63. The molecule has 6 nitrogen and oxygen atoms in total. The molecule has 1 saturated carbocycles. The molecule has 0 spiro atoms. The molecule has 20 heavy (non-hydrogen) atoms. The van der Waals surface area contributed by atoms with Crippen LogP contribution in [0.4, 0.5) is 4.79 Å². The fourth-order valence-corrected chi connectivity index (χ4v) is 2.68. The Bertz CT molecular complexity index is 379. The third kappa shape index (κ3) is 3.62. The minimum atomic E-state index is -0.926. The monoisotopic (exact) mass is 284 g/mol. The molecule has 2 aliphatic rings. The van der Waals surface area contributed by atoms with E-state index in [-0.39, 0.29) is 17.6 Å². The molecule has 0 bridgehead atoms. The van der Waals surface area contributed by atoms with Gasteiger partial charge in [-0.15, -0.1) is 0 Å². The second-order valence-electron chi connectivity index (χ2n) is 6.24. The van der Waals surface area contributed by atoms with Gasteiger partial charge in [-0.25, -0.2) is 9.59 Å². The van der Waals surface area contributed by atoms with E-state index < -0.39 is 12.1 Å². The summed E-state index contributed by atoms with van der Waals surface area (Å²) in [7, 11) is 0. The third-order valence-corrected chi connectivity index (χ3v) is 4.59. The van der Waals surface area contributed by atoms with Gasteiger partial charge >= 0.3 is 12.0 Å². The van der Waals surface area contributed by atoms with Gasteiger partial charge in [-0.05, 0) is 37.0 Å². The first-order chi connectivity index (χ1) is 9.43. The second kappa shape index (κ2) is 5.99. The molecule has 114 valence electrons. The van der Waals surface area contributed by atoms with Crippen LogP contribution in [0.2, 0.25) is 0 Å². The van der Waals surface area contributed by atoms with Crippen molar-refractivity contribution in [2.24, 2.45) is 11.3 Å². The van der Waals surface area contributed by atoms with Gasteiger partial charge in [0.15, 0.2) is 6.10 Å². The first kappa shape index (κ1) is 15.1. The van der Waals surface area contributed by atoms with Crippen molar-refractivity contribution in [2.45, 2.75) is 51.7 Å². The number of aliphatic carboxylic acids is 1. The molecule has 0 radical (unpaired) electrons. The number of hydrogen-bond acceptors (Lipinski definition) is 3. The molecular formula is C14H24N2O4. The predicted molar refractivity (Wildman–Crippen MR) is 73.4 cm³/mol. The number of ether oxygens (including phenoxy) is 1. The number of amides is 2. The normalized spacial score (nSPS) is 27.4. The summed E-state index contributed by atoms with van der Waals surface area (Å²) in [5.74, 6) is -0.346. The molecule has 1 heterocycles. The smallest absolute Gasteiger partial charge is 0.332 e. The van der Waals surface area contributed by atoms with Crippen LogP contribution < -0.4 is 10.6 Å². The van der Waals surface area contributed by atoms with Gasteiger partial charge in [0.25, 0.3) is 0 Å². The SMILES string of the molecule is CC(C)C1(CNC(=O)NCC2CCC(C(=O)O)O2)CC1. The van der Waals surface area contributed by atoms with Crippen molar-refractivity contribution in [3.05, 3.63) is 0 Å². The van der Waals surface area contributed by atoms with Gasteiger partial charge < -0.3 is 20.5 Å². The van der Waals surface area contributed by atoms with Crippen molar-refractivity contribution >= 4 is 12.0 Å². The molecule has 1 saturated heterocycles. The zero-order valence-electron chi connectivity index (χ0n) is 12.1. The summed E-state index contributed by atoms with van der Waals surface area (Å²) < 4.78 is 5.33. The van der Waals surface area contributed by atoms with Gasteiger partial charge in [-0.3, -0.25) is 0 Å². The lowest BCUT2D eigenvalue weighted by Crippen LogP contribution is -2.42. The van der Waals surface area contributed by atoms with Crippen molar-refractivity contribution in [3.63, 3.8) is 0 Å². The number of carboxylic acid groups (broad SMARTS) is 1. The maximum Gasteiger partial charge on any atom is 0.332 e. The van der Waals surface area contributed by atoms with E-state index in [4.69, 9.17) is 9.84 Å². The van der Waals surface area contributed by atoms with E-state index in [0.717, 1.165) is 0 Å². The molecule has 1 aliphatic carbocycles. The van der Waals surface area contributed by atoms with Gasteiger partial charge in [0.05, 0.1) is 6.10 Å². The van der Waals surface area contributed by atoms with Crippen molar-refractivity contribution < 1.29 is 19.4 Å². The summed E-state index contributed by atoms with van der Waals surface area (Å²) in [6, 6.07) is -0.195. The quantitative estimate of drug-likeness (QED) is 0.687. The second-order valence-corrected chi connectivity index (χ2v) is 6.24. The number of hydrogen-bond donors (Lipinski definition) is 3. The number of nitrogens with one attached hydrogen (secondary N) is 2. The van der Waals surface area contributed by atoms with Crippen LogP contribution in [0.25, 0.3) is 0 Å². The Hall–Kier alpha value is -1.30. The fraction of sp³-hybridized carbons (Fsp3) is 0.857. The van der Waals surface area contributed by atoms with Crippen LogP contribution >= 0.6 is 0 Å². The lowest BCUT2D eigenvalue weighted by Gasteiger charge is -2.20. The average molecular weight is 284 g/mol. The van der Waals surface area contributed by atoms with Crippen molar-refractivity contribution in [3.8, 4) is 0 Å². The topological polar surface area (TPSA) is 87.7 Å². The molecule has 1 aliphatic heterocycles. The summed E-state index contributed by atoms with van der Waals surface area (Å²) in [5.41, 5.74) is 0.287. The zero-order chi connectivity index (χ0) is 14.8. The Morgan fingerprint density at radius 1 is 1.30 bits per heavy atom. The standard InChI is InChI=1S/C14H24N2O4/c1-9(2)14(5-6-14)8-16-13(19)15-7-10-3-4-11(20-10)12(17)18/h9-11H,3-8H2,1-2H3,(H,17,18)(H2,15,16,19). The first-order valence-electron chi connectivity index (χ1n) is 7.33. The maximum absolute atomic E-state index is 11.7. The number of carboxylic acids is 1. The Morgan fingerprint density at radius 2 is 2.00 bits per heavy atom. The zero-order valence-corrected chi connectivity index (χ0v) is 12.1. The van der Waals surface area contributed by atoms with E-state index in [0.29, 0.717) is 31.8 Å². The molecule has 2 unspecified atom stereocenters. The highest BCUT2D eigenvalue weighted by Gasteiger charge is 2.45. The van der Waals surface area contributed by atoms with Crippen LogP contribution in [0, 0.1) is 11.3 Å². The highest BCUT2D eigenvalue weighted by molar-refractivity contribution is 5.74. The Labute approximate surface area is 119 Å². The van der Waals surface area contributed by atoms with Crippen molar-refractivity contribution in [2.75, 3.05) is 13.1 Å². The third-order valence-electron chi connectivity index (χ3n) is 4.59. The van der Waals surface area contributed by atoms with Crippen LogP contribution in [0.5, 0.6) is 0 Å². The highest BCUT2D eigenvalue weighted by atomic mass is 16.5. The van der Waals surface area contributed by atoms with Crippen LogP contribution in [-0.2, 0) is 9.53 Å². The lowest BCUT2D eigenvalue weighted by atomic mass is 9.92. The van der Waals surface area contributed by atoms with Crippen molar-refractivity contribution in [1.29, 1.82) is 0 Å². The molecule has 3 N–H and O–H groups in total. The largest absolute Gasteiger partial charge is 0.479 e. The Kier molecular flexibility index (Phi) is 4.52. The number of urea groups is 1. The minimum absolute atomic E-state index is 0.193.